The van der Waals surface area contributed by atoms with Gasteiger partial charge in [-0.1, -0.05) is 18.9 Å². The summed E-state index contributed by atoms with van der Waals surface area (Å²) in [5.41, 5.74) is 1.21. The van der Waals surface area contributed by atoms with Crippen molar-refractivity contribution in [2.45, 2.75) is 32.1 Å². The Morgan fingerprint density at radius 3 is 2.62 bits per heavy atom. The van der Waals surface area contributed by atoms with E-state index in [2.05, 4.69) is 21.2 Å². The van der Waals surface area contributed by atoms with E-state index in [1.807, 2.05) is 19.2 Å². The number of hydrogen-bond acceptors (Lipinski definition) is 1. The summed E-state index contributed by atoms with van der Waals surface area (Å²) in [5, 5.41) is 3.14. The average molecular weight is 288 g/mol. The van der Waals surface area contributed by atoms with Crippen molar-refractivity contribution < 1.29 is 4.39 Å². The van der Waals surface area contributed by atoms with Gasteiger partial charge < -0.3 is 5.32 Å². The minimum absolute atomic E-state index is 0.183. The first-order chi connectivity index (χ1) is 7.74. The summed E-state index contributed by atoms with van der Waals surface area (Å²) in [6, 6.07) is 5.27. The van der Waals surface area contributed by atoms with Gasteiger partial charge in [0.15, 0.2) is 0 Å². The second kappa shape index (κ2) is 7.80. The van der Waals surface area contributed by atoms with E-state index in [9.17, 15) is 4.39 Å². The van der Waals surface area contributed by atoms with Crippen LogP contribution in [0.1, 0.15) is 31.2 Å². The zero-order chi connectivity index (χ0) is 11.8. The van der Waals surface area contributed by atoms with E-state index in [1.54, 1.807) is 0 Å². The van der Waals surface area contributed by atoms with Crippen LogP contribution in [0, 0.1) is 5.82 Å². The van der Waals surface area contributed by atoms with Crippen LogP contribution in [-0.2, 0) is 6.42 Å². The fourth-order valence-corrected chi connectivity index (χ4v) is 2.11. The molecule has 0 bridgehead atoms. The zero-order valence-corrected chi connectivity index (χ0v) is 11.3. The van der Waals surface area contributed by atoms with Crippen molar-refractivity contribution in [3.05, 3.63) is 34.1 Å². The first kappa shape index (κ1) is 13.7. The van der Waals surface area contributed by atoms with E-state index < -0.39 is 0 Å². The minimum Gasteiger partial charge on any atom is -0.320 e. The highest BCUT2D eigenvalue weighted by atomic mass is 79.9. The van der Waals surface area contributed by atoms with Crippen LogP contribution in [0.4, 0.5) is 4.39 Å². The first-order valence-electron chi connectivity index (χ1n) is 5.82. The van der Waals surface area contributed by atoms with Gasteiger partial charge in [-0.15, -0.1) is 0 Å². The number of unbranched alkanes of at least 4 members (excludes halogenated alkanes) is 3. The quantitative estimate of drug-likeness (QED) is 0.750. The van der Waals surface area contributed by atoms with E-state index in [0.717, 1.165) is 13.0 Å². The third kappa shape index (κ3) is 5.08. The molecular formula is C13H19BrFN. The van der Waals surface area contributed by atoms with E-state index in [4.69, 9.17) is 0 Å². The molecule has 0 unspecified atom stereocenters. The lowest BCUT2D eigenvalue weighted by Crippen LogP contribution is -2.06. The third-order valence-corrected chi connectivity index (χ3v) is 3.23. The highest BCUT2D eigenvalue weighted by Gasteiger charge is 2.00. The number of aryl methyl sites for hydroxylation is 1. The number of benzene rings is 1. The van der Waals surface area contributed by atoms with Crippen molar-refractivity contribution >= 4 is 15.9 Å². The van der Waals surface area contributed by atoms with Gasteiger partial charge in [0, 0.05) is 0 Å². The molecule has 1 rings (SSSR count). The van der Waals surface area contributed by atoms with Crippen LogP contribution >= 0.6 is 15.9 Å². The maximum absolute atomic E-state index is 13.0. The highest BCUT2D eigenvalue weighted by molar-refractivity contribution is 9.10. The van der Waals surface area contributed by atoms with Gasteiger partial charge in [0.1, 0.15) is 5.82 Å². The number of rotatable bonds is 7. The van der Waals surface area contributed by atoms with Crippen molar-refractivity contribution in [2.24, 2.45) is 0 Å². The lowest BCUT2D eigenvalue weighted by molar-refractivity contribution is 0.610. The highest BCUT2D eigenvalue weighted by Crippen LogP contribution is 2.18. The molecule has 1 N–H and O–H groups in total. The van der Waals surface area contributed by atoms with Crippen LogP contribution in [0.25, 0.3) is 0 Å². The van der Waals surface area contributed by atoms with E-state index >= 15 is 0 Å². The molecule has 0 aliphatic rings. The van der Waals surface area contributed by atoms with E-state index in [-0.39, 0.29) is 5.82 Å². The molecule has 0 radical (unpaired) electrons. The molecule has 3 heteroatoms. The molecular weight excluding hydrogens is 269 g/mol. The molecule has 0 heterocycles. The Labute approximate surface area is 106 Å². The van der Waals surface area contributed by atoms with Crippen molar-refractivity contribution in [1.82, 2.24) is 5.32 Å². The normalized spacial score (nSPS) is 10.7. The maximum Gasteiger partial charge on any atom is 0.137 e. The first-order valence-corrected chi connectivity index (χ1v) is 6.62. The molecule has 0 amide bonds. The topological polar surface area (TPSA) is 12.0 Å². The second-order valence-corrected chi connectivity index (χ2v) is 4.87. The van der Waals surface area contributed by atoms with Crippen LogP contribution in [-0.4, -0.2) is 13.6 Å². The SMILES string of the molecule is CNCCCCCCc1ccc(F)c(Br)c1. The summed E-state index contributed by atoms with van der Waals surface area (Å²) in [5.74, 6) is -0.183. The third-order valence-electron chi connectivity index (χ3n) is 2.63. The fraction of sp³-hybridized carbons (Fsp3) is 0.538. The smallest absolute Gasteiger partial charge is 0.137 e. The summed E-state index contributed by atoms with van der Waals surface area (Å²) in [6.07, 6.45) is 5.98. The summed E-state index contributed by atoms with van der Waals surface area (Å²) in [4.78, 5) is 0. The molecule has 16 heavy (non-hydrogen) atoms. The Morgan fingerprint density at radius 1 is 1.19 bits per heavy atom. The molecule has 0 spiro atoms. The summed E-state index contributed by atoms with van der Waals surface area (Å²) >= 11 is 3.21. The second-order valence-electron chi connectivity index (χ2n) is 4.02. The Balaban J connectivity index is 2.19. The molecule has 1 nitrogen and oxygen atoms in total. The van der Waals surface area contributed by atoms with Crippen LogP contribution in [0.2, 0.25) is 0 Å². The Hall–Kier alpha value is -0.410. The summed E-state index contributed by atoms with van der Waals surface area (Å²) in [7, 11) is 1.98. The predicted octanol–water partition coefficient (Wildman–Crippen LogP) is 3.91. The Morgan fingerprint density at radius 2 is 1.94 bits per heavy atom. The summed E-state index contributed by atoms with van der Waals surface area (Å²) in [6.45, 7) is 1.10. The molecule has 0 atom stereocenters. The molecule has 0 aromatic heterocycles. The fourth-order valence-electron chi connectivity index (χ4n) is 1.68. The number of hydrogen-bond donors (Lipinski definition) is 1. The molecule has 0 fully saturated rings. The van der Waals surface area contributed by atoms with E-state index in [1.165, 1.54) is 37.3 Å². The average Bonchev–Trinajstić information content (AvgIpc) is 2.28. The lowest BCUT2D eigenvalue weighted by Gasteiger charge is -2.03. The van der Waals surface area contributed by atoms with Crippen LogP contribution in [0.5, 0.6) is 0 Å². The van der Waals surface area contributed by atoms with Crippen molar-refractivity contribution in [3.63, 3.8) is 0 Å². The molecule has 1 aromatic carbocycles. The predicted molar refractivity (Wildman–Crippen MR) is 70.2 cm³/mol. The van der Waals surface area contributed by atoms with Gasteiger partial charge in [-0.05, 0) is 66.5 Å². The van der Waals surface area contributed by atoms with Crippen LogP contribution < -0.4 is 5.32 Å². The Kier molecular flexibility index (Phi) is 6.65. The van der Waals surface area contributed by atoms with Gasteiger partial charge in [0.25, 0.3) is 0 Å². The minimum atomic E-state index is -0.183. The van der Waals surface area contributed by atoms with Crippen molar-refractivity contribution in [3.8, 4) is 0 Å². The van der Waals surface area contributed by atoms with Crippen molar-refractivity contribution in [2.75, 3.05) is 13.6 Å². The molecule has 0 saturated carbocycles. The van der Waals surface area contributed by atoms with Gasteiger partial charge in [0.2, 0.25) is 0 Å². The largest absolute Gasteiger partial charge is 0.320 e. The van der Waals surface area contributed by atoms with Gasteiger partial charge in [-0.2, -0.15) is 0 Å². The lowest BCUT2D eigenvalue weighted by atomic mass is 10.1. The van der Waals surface area contributed by atoms with Crippen molar-refractivity contribution in [1.29, 1.82) is 0 Å². The number of halogens is 2. The zero-order valence-electron chi connectivity index (χ0n) is 9.73. The molecule has 1 aromatic rings. The molecule has 90 valence electrons. The van der Waals surface area contributed by atoms with Crippen LogP contribution in [0.3, 0.4) is 0 Å². The number of nitrogens with one attached hydrogen (secondary N) is 1. The maximum atomic E-state index is 13.0. The van der Waals surface area contributed by atoms with Gasteiger partial charge >= 0.3 is 0 Å². The van der Waals surface area contributed by atoms with Gasteiger partial charge in [0.05, 0.1) is 4.47 Å². The summed E-state index contributed by atoms with van der Waals surface area (Å²) < 4.78 is 13.5. The van der Waals surface area contributed by atoms with E-state index in [0.29, 0.717) is 4.47 Å². The Bertz CT molecular complexity index is 315. The van der Waals surface area contributed by atoms with Gasteiger partial charge in [-0.25, -0.2) is 4.39 Å². The standard InChI is InChI=1S/C13H19BrFN/c1-16-9-5-3-2-4-6-11-7-8-13(15)12(14)10-11/h7-8,10,16H,2-6,9H2,1H3. The van der Waals surface area contributed by atoms with Gasteiger partial charge in [-0.3, -0.25) is 0 Å². The molecule has 0 saturated heterocycles. The van der Waals surface area contributed by atoms with Crippen LogP contribution in [0.15, 0.2) is 22.7 Å². The molecule has 0 aliphatic heterocycles. The molecule has 0 aliphatic carbocycles. The monoisotopic (exact) mass is 287 g/mol.